The molecule has 20 heavy (non-hydrogen) atoms. The lowest BCUT2D eigenvalue weighted by molar-refractivity contribution is 0.149. The van der Waals surface area contributed by atoms with E-state index < -0.39 is 0 Å². The van der Waals surface area contributed by atoms with E-state index in [9.17, 15) is 4.79 Å². The number of carbonyl (C=O) groups excluding carboxylic acids is 1. The Balaban J connectivity index is 1.94. The molecule has 0 aromatic heterocycles. The highest BCUT2D eigenvalue weighted by Gasteiger charge is 2.38. The van der Waals surface area contributed by atoms with Gasteiger partial charge in [0.05, 0.1) is 0 Å². The minimum atomic E-state index is -0.130. The summed E-state index contributed by atoms with van der Waals surface area (Å²) < 4.78 is 0. The molecule has 3 N–H and O–H groups in total. The zero-order valence-electron chi connectivity index (χ0n) is 12.8. The minimum Gasteiger partial charge on any atom is -0.335 e. The van der Waals surface area contributed by atoms with Gasteiger partial charge in [0.25, 0.3) is 0 Å². The Morgan fingerprint density at radius 2 is 1.65 bits per heavy atom. The molecule has 1 fully saturated rings. The topological polar surface area (TPSA) is 53.2 Å². The van der Waals surface area contributed by atoms with Crippen LogP contribution >= 0.6 is 0 Å². The number of nitrogens with one attached hydrogen (secondary N) is 3. The van der Waals surface area contributed by atoms with Crippen LogP contribution in [0.2, 0.25) is 0 Å². The highest BCUT2D eigenvalue weighted by Crippen LogP contribution is 2.28. The van der Waals surface area contributed by atoms with Crippen molar-refractivity contribution in [2.75, 3.05) is 5.32 Å². The van der Waals surface area contributed by atoms with E-state index in [1.54, 1.807) is 0 Å². The lowest BCUT2D eigenvalue weighted by Crippen LogP contribution is -2.62. The van der Waals surface area contributed by atoms with Crippen LogP contribution in [-0.2, 0) is 0 Å². The first-order valence-corrected chi connectivity index (χ1v) is 7.18. The van der Waals surface area contributed by atoms with Crippen molar-refractivity contribution in [1.29, 1.82) is 0 Å². The smallest absolute Gasteiger partial charge is 0.319 e. The second-order valence-electron chi connectivity index (χ2n) is 6.96. The fourth-order valence-corrected chi connectivity index (χ4v) is 3.30. The average Bonchev–Trinajstić information content (AvgIpc) is 2.25. The van der Waals surface area contributed by atoms with Crippen LogP contribution in [0.15, 0.2) is 30.3 Å². The van der Waals surface area contributed by atoms with Crippen molar-refractivity contribution in [3.63, 3.8) is 0 Å². The quantitative estimate of drug-likeness (QED) is 0.776. The number of piperidine rings is 1. The number of urea groups is 1. The largest absolute Gasteiger partial charge is 0.335 e. The Bertz CT molecular complexity index is 452. The van der Waals surface area contributed by atoms with Gasteiger partial charge in [-0.3, -0.25) is 0 Å². The van der Waals surface area contributed by atoms with Crippen LogP contribution in [0.5, 0.6) is 0 Å². The molecule has 4 heteroatoms. The second kappa shape index (κ2) is 5.44. The van der Waals surface area contributed by atoms with Crippen molar-refractivity contribution in [1.82, 2.24) is 10.6 Å². The molecule has 1 aromatic rings. The van der Waals surface area contributed by atoms with Crippen LogP contribution in [0, 0.1) is 0 Å². The molecule has 1 aliphatic rings. The van der Waals surface area contributed by atoms with Gasteiger partial charge in [0, 0.05) is 22.8 Å². The fourth-order valence-electron chi connectivity index (χ4n) is 3.30. The molecule has 1 aliphatic heterocycles. The summed E-state index contributed by atoms with van der Waals surface area (Å²) in [5.41, 5.74) is 0.885. The minimum absolute atomic E-state index is 0.0342. The summed E-state index contributed by atoms with van der Waals surface area (Å²) in [6.45, 7) is 8.71. The predicted octanol–water partition coefficient (Wildman–Crippen LogP) is 3.12. The van der Waals surface area contributed by atoms with E-state index in [1.165, 1.54) is 0 Å². The first-order valence-electron chi connectivity index (χ1n) is 7.18. The maximum atomic E-state index is 12.1. The summed E-state index contributed by atoms with van der Waals surface area (Å²) in [5, 5.41) is 9.58. The number of rotatable bonds is 2. The number of hydrogen-bond donors (Lipinski definition) is 3. The van der Waals surface area contributed by atoms with Gasteiger partial charge < -0.3 is 16.0 Å². The molecular formula is C16H25N3O. The summed E-state index contributed by atoms with van der Waals surface area (Å²) in [4.78, 5) is 12.1. The maximum absolute atomic E-state index is 12.1. The Morgan fingerprint density at radius 3 is 2.20 bits per heavy atom. The van der Waals surface area contributed by atoms with Crippen LogP contribution < -0.4 is 16.0 Å². The van der Waals surface area contributed by atoms with E-state index >= 15 is 0 Å². The molecule has 110 valence electrons. The third-order valence-electron chi connectivity index (χ3n) is 3.56. The summed E-state index contributed by atoms with van der Waals surface area (Å²) in [7, 11) is 0. The molecular weight excluding hydrogens is 250 g/mol. The van der Waals surface area contributed by atoms with Crippen molar-refractivity contribution in [2.24, 2.45) is 0 Å². The van der Waals surface area contributed by atoms with E-state index in [2.05, 4.69) is 43.6 Å². The Kier molecular flexibility index (Phi) is 4.04. The molecule has 2 amide bonds. The summed E-state index contributed by atoms with van der Waals surface area (Å²) in [6.07, 6.45) is 1.86. The van der Waals surface area contributed by atoms with Gasteiger partial charge in [-0.25, -0.2) is 4.79 Å². The van der Waals surface area contributed by atoms with Crippen LogP contribution in [0.3, 0.4) is 0 Å². The van der Waals surface area contributed by atoms with E-state index in [-0.39, 0.29) is 23.2 Å². The van der Waals surface area contributed by atoms with Crippen molar-refractivity contribution < 1.29 is 4.79 Å². The van der Waals surface area contributed by atoms with Gasteiger partial charge in [-0.1, -0.05) is 18.2 Å². The molecule has 0 atom stereocenters. The maximum Gasteiger partial charge on any atom is 0.319 e. The monoisotopic (exact) mass is 275 g/mol. The lowest BCUT2D eigenvalue weighted by atomic mass is 9.80. The first kappa shape index (κ1) is 14.9. The summed E-state index contributed by atoms with van der Waals surface area (Å²) in [5.74, 6) is 0. The molecule has 0 saturated carbocycles. The Morgan fingerprint density at radius 1 is 1.10 bits per heavy atom. The van der Waals surface area contributed by atoms with Gasteiger partial charge in [0.15, 0.2) is 0 Å². The van der Waals surface area contributed by atoms with Gasteiger partial charge in [-0.2, -0.15) is 0 Å². The molecule has 2 rings (SSSR count). The third-order valence-corrected chi connectivity index (χ3v) is 3.56. The third kappa shape index (κ3) is 4.23. The number of anilines is 1. The highest BCUT2D eigenvalue weighted by molar-refractivity contribution is 5.89. The normalized spacial score (nSPS) is 21.2. The number of para-hydroxylation sites is 1. The van der Waals surface area contributed by atoms with Gasteiger partial charge in [-0.05, 0) is 52.7 Å². The van der Waals surface area contributed by atoms with E-state index in [1.807, 2.05) is 30.3 Å². The summed E-state index contributed by atoms with van der Waals surface area (Å²) in [6, 6.07) is 9.57. The summed E-state index contributed by atoms with van der Waals surface area (Å²) >= 11 is 0. The first-order chi connectivity index (χ1) is 9.26. The van der Waals surface area contributed by atoms with Crippen molar-refractivity contribution in [2.45, 2.75) is 57.7 Å². The average molecular weight is 275 g/mol. The van der Waals surface area contributed by atoms with Gasteiger partial charge >= 0.3 is 6.03 Å². The number of hydrogen-bond acceptors (Lipinski definition) is 2. The van der Waals surface area contributed by atoms with Crippen LogP contribution in [0.4, 0.5) is 10.5 Å². The fraction of sp³-hybridized carbons (Fsp3) is 0.562. The predicted molar refractivity (Wildman–Crippen MR) is 82.9 cm³/mol. The Hall–Kier alpha value is -1.55. The number of amides is 2. The zero-order valence-corrected chi connectivity index (χ0v) is 12.8. The molecule has 0 bridgehead atoms. The van der Waals surface area contributed by atoms with Crippen LogP contribution in [0.25, 0.3) is 0 Å². The van der Waals surface area contributed by atoms with E-state index in [4.69, 9.17) is 0 Å². The molecule has 0 spiro atoms. The van der Waals surface area contributed by atoms with Gasteiger partial charge in [-0.15, -0.1) is 0 Å². The molecule has 0 unspecified atom stereocenters. The van der Waals surface area contributed by atoms with Crippen molar-refractivity contribution >= 4 is 11.7 Å². The van der Waals surface area contributed by atoms with E-state index in [0.29, 0.717) is 0 Å². The standard InChI is InChI=1S/C16H25N3O/c1-15(2)10-13(11-16(3,4)19-15)18-14(20)17-12-8-6-5-7-9-12/h5-9,13,19H,10-11H2,1-4H3,(H2,17,18,20). The van der Waals surface area contributed by atoms with Crippen molar-refractivity contribution in [3.8, 4) is 0 Å². The van der Waals surface area contributed by atoms with Crippen LogP contribution in [0.1, 0.15) is 40.5 Å². The molecule has 4 nitrogen and oxygen atoms in total. The van der Waals surface area contributed by atoms with Gasteiger partial charge in [0.1, 0.15) is 0 Å². The van der Waals surface area contributed by atoms with Crippen LogP contribution in [-0.4, -0.2) is 23.2 Å². The van der Waals surface area contributed by atoms with E-state index in [0.717, 1.165) is 18.5 Å². The second-order valence-corrected chi connectivity index (χ2v) is 6.96. The SMILES string of the molecule is CC1(C)CC(NC(=O)Nc2ccccc2)CC(C)(C)N1. The number of carbonyl (C=O) groups is 1. The Labute approximate surface area is 121 Å². The molecule has 1 saturated heterocycles. The molecule has 0 radical (unpaired) electrons. The highest BCUT2D eigenvalue weighted by atomic mass is 16.2. The molecule has 1 heterocycles. The van der Waals surface area contributed by atoms with Crippen molar-refractivity contribution in [3.05, 3.63) is 30.3 Å². The molecule has 0 aliphatic carbocycles. The van der Waals surface area contributed by atoms with Gasteiger partial charge in [0.2, 0.25) is 0 Å². The number of benzene rings is 1. The zero-order chi connectivity index (χ0) is 14.8. The molecule has 1 aromatic carbocycles. The lowest BCUT2D eigenvalue weighted by Gasteiger charge is -2.46.